The minimum absolute atomic E-state index is 0. The molecule has 0 fully saturated rings. The van der Waals surface area contributed by atoms with Gasteiger partial charge in [-0.2, -0.15) is 18.2 Å². The second kappa shape index (κ2) is 8.75. The van der Waals surface area contributed by atoms with Crippen LogP contribution in [0.4, 0.5) is 4.39 Å². The van der Waals surface area contributed by atoms with Gasteiger partial charge in [-0.15, -0.1) is 12.1 Å². The van der Waals surface area contributed by atoms with Crippen molar-refractivity contribution in [1.29, 1.82) is 0 Å². The smallest absolute Gasteiger partial charge is 1.00 e. The number of rotatable bonds is 3. The third-order valence-corrected chi connectivity index (χ3v) is 2.44. The van der Waals surface area contributed by atoms with Crippen LogP contribution in [0.15, 0.2) is 42.5 Å². The molecule has 18 heavy (non-hydrogen) atoms. The predicted molar refractivity (Wildman–Crippen MR) is 66.8 cm³/mol. The average molecular weight is 340 g/mol. The van der Waals surface area contributed by atoms with Gasteiger partial charge in [0.1, 0.15) is 5.82 Å². The fourth-order valence-corrected chi connectivity index (χ4v) is 1.49. The molecular formula is C13H9BrClFMgO. The first-order chi connectivity index (χ1) is 7.75. The van der Waals surface area contributed by atoms with Gasteiger partial charge >= 0.3 is 23.1 Å². The van der Waals surface area contributed by atoms with Crippen LogP contribution < -0.4 is 21.7 Å². The van der Waals surface area contributed by atoms with E-state index in [0.717, 1.165) is 5.56 Å². The van der Waals surface area contributed by atoms with Crippen LogP contribution in [0.1, 0.15) is 5.56 Å². The minimum Gasteiger partial charge on any atom is -1.00 e. The Morgan fingerprint density at radius 3 is 2.67 bits per heavy atom. The second-order valence-electron chi connectivity index (χ2n) is 3.26. The molecule has 0 aromatic heterocycles. The van der Waals surface area contributed by atoms with E-state index < -0.39 is 0 Å². The van der Waals surface area contributed by atoms with Crippen molar-refractivity contribution >= 4 is 34.7 Å². The maximum absolute atomic E-state index is 12.8. The van der Waals surface area contributed by atoms with E-state index in [9.17, 15) is 4.39 Å². The molecular weight excluding hydrogens is 331 g/mol. The first-order valence-electron chi connectivity index (χ1n) is 4.78. The van der Waals surface area contributed by atoms with Crippen molar-refractivity contribution in [3.63, 3.8) is 0 Å². The Balaban J connectivity index is 0.00000144. The van der Waals surface area contributed by atoms with Crippen LogP contribution in [-0.4, -0.2) is 23.1 Å². The molecule has 0 bridgehead atoms. The van der Waals surface area contributed by atoms with Crippen LogP contribution in [0.3, 0.4) is 0 Å². The van der Waals surface area contributed by atoms with E-state index >= 15 is 0 Å². The van der Waals surface area contributed by atoms with Gasteiger partial charge in [-0.3, -0.25) is 0 Å². The second-order valence-corrected chi connectivity index (χ2v) is 3.67. The van der Waals surface area contributed by atoms with Gasteiger partial charge in [-0.1, -0.05) is 17.7 Å². The van der Waals surface area contributed by atoms with E-state index in [2.05, 4.69) is 6.07 Å². The molecule has 0 aliphatic heterocycles. The number of hydrogen-bond donors (Lipinski definition) is 0. The third-order valence-electron chi connectivity index (χ3n) is 2.09. The van der Waals surface area contributed by atoms with Crippen molar-refractivity contribution < 1.29 is 26.1 Å². The van der Waals surface area contributed by atoms with Crippen LogP contribution in [0.25, 0.3) is 0 Å². The van der Waals surface area contributed by atoms with Crippen molar-refractivity contribution in [3.8, 4) is 5.75 Å². The molecule has 0 unspecified atom stereocenters. The molecule has 0 N–H and O–H groups in total. The Morgan fingerprint density at radius 1 is 1.28 bits per heavy atom. The Kier molecular flexibility index (Phi) is 8.60. The van der Waals surface area contributed by atoms with Gasteiger partial charge in [0.05, 0.1) is 11.6 Å². The molecule has 0 radical (unpaired) electrons. The van der Waals surface area contributed by atoms with Crippen LogP contribution in [-0.2, 0) is 6.61 Å². The van der Waals surface area contributed by atoms with Gasteiger partial charge in [-0.05, 0) is 12.1 Å². The summed E-state index contributed by atoms with van der Waals surface area (Å²) in [5, 5.41) is 0.375. The number of hydrogen-bond acceptors (Lipinski definition) is 1. The van der Waals surface area contributed by atoms with Gasteiger partial charge in [0.15, 0.2) is 0 Å². The largest absolute Gasteiger partial charge is 2.00 e. The zero-order chi connectivity index (χ0) is 11.4. The Hall–Kier alpha value is -0.294. The maximum Gasteiger partial charge on any atom is 2.00 e. The topological polar surface area (TPSA) is 9.23 Å². The van der Waals surface area contributed by atoms with Gasteiger partial charge < -0.3 is 21.7 Å². The van der Waals surface area contributed by atoms with Crippen LogP contribution in [0.2, 0.25) is 5.02 Å². The minimum atomic E-state index is -0.346. The van der Waals surface area contributed by atoms with Crippen LogP contribution in [0, 0.1) is 11.9 Å². The zero-order valence-corrected chi connectivity index (χ0v) is 13.3. The first-order valence-corrected chi connectivity index (χ1v) is 5.16. The van der Waals surface area contributed by atoms with Crippen molar-refractivity contribution in [3.05, 3.63) is 64.9 Å². The Bertz CT molecular complexity index is 482. The summed E-state index contributed by atoms with van der Waals surface area (Å²) in [5.41, 5.74) is 0.756. The van der Waals surface area contributed by atoms with E-state index in [0.29, 0.717) is 17.4 Å². The van der Waals surface area contributed by atoms with Gasteiger partial charge in [0, 0.05) is 11.3 Å². The summed E-state index contributed by atoms with van der Waals surface area (Å²) in [6.45, 7) is 0.316. The van der Waals surface area contributed by atoms with Gasteiger partial charge in [0.2, 0.25) is 0 Å². The summed E-state index contributed by atoms with van der Waals surface area (Å²) in [5.74, 6) is 0.365. The van der Waals surface area contributed by atoms with Crippen molar-refractivity contribution in [1.82, 2.24) is 0 Å². The van der Waals surface area contributed by atoms with E-state index in [-0.39, 0.29) is 45.9 Å². The predicted octanol–water partition coefficient (Wildman–Crippen LogP) is 0.481. The molecule has 0 spiro atoms. The molecule has 0 saturated carbocycles. The first kappa shape index (κ1) is 17.7. The molecule has 1 nitrogen and oxygen atoms in total. The van der Waals surface area contributed by atoms with E-state index in [1.165, 1.54) is 12.1 Å². The summed E-state index contributed by atoms with van der Waals surface area (Å²) in [7, 11) is 0. The maximum atomic E-state index is 12.8. The summed E-state index contributed by atoms with van der Waals surface area (Å²) in [6.07, 6.45) is 0. The molecule has 2 aromatic carbocycles. The molecule has 0 saturated heterocycles. The molecule has 90 valence electrons. The van der Waals surface area contributed by atoms with Crippen LogP contribution in [0.5, 0.6) is 5.75 Å². The summed E-state index contributed by atoms with van der Waals surface area (Å²) in [6, 6.07) is 14.3. The zero-order valence-electron chi connectivity index (χ0n) is 9.50. The Morgan fingerprint density at radius 2 is 2.06 bits per heavy atom. The number of halogens is 3. The van der Waals surface area contributed by atoms with Gasteiger partial charge in [-0.25, -0.2) is 4.39 Å². The summed E-state index contributed by atoms with van der Waals surface area (Å²) >= 11 is 5.87. The molecule has 0 aliphatic carbocycles. The molecule has 0 atom stereocenters. The normalized spacial score (nSPS) is 9.00. The SMILES string of the molecule is Fc1ccc(COc2c[c-]ccc2)c(Cl)c1.[Br-].[Mg+2]. The van der Waals surface area contributed by atoms with E-state index in [1.807, 2.05) is 12.1 Å². The molecule has 5 heteroatoms. The van der Waals surface area contributed by atoms with Crippen molar-refractivity contribution in [2.24, 2.45) is 0 Å². The monoisotopic (exact) mass is 338 g/mol. The average Bonchev–Trinajstić information content (AvgIpc) is 2.29. The summed E-state index contributed by atoms with van der Waals surface area (Å²) in [4.78, 5) is 0. The Labute approximate surface area is 137 Å². The number of ether oxygens (including phenoxy) is 1. The quantitative estimate of drug-likeness (QED) is 0.584. The number of benzene rings is 2. The molecule has 2 rings (SSSR count). The third kappa shape index (κ3) is 5.14. The van der Waals surface area contributed by atoms with Crippen molar-refractivity contribution in [2.75, 3.05) is 0 Å². The van der Waals surface area contributed by atoms with Crippen molar-refractivity contribution in [2.45, 2.75) is 6.61 Å². The molecule has 0 amide bonds. The molecule has 0 heterocycles. The fourth-order valence-electron chi connectivity index (χ4n) is 1.27. The van der Waals surface area contributed by atoms with E-state index in [1.54, 1.807) is 18.2 Å². The van der Waals surface area contributed by atoms with Gasteiger partial charge in [0.25, 0.3) is 0 Å². The standard InChI is InChI=1S/C13H9ClFO.BrH.Mg/c14-13-8-11(15)7-6-10(13)9-16-12-4-2-1-3-5-12;;/h1-2,4-8H,9H2;1H;/q-1;;+2/p-1. The fraction of sp³-hybridized carbons (Fsp3) is 0.0769. The molecule has 0 aliphatic rings. The van der Waals surface area contributed by atoms with E-state index in [4.69, 9.17) is 16.3 Å². The molecule has 2 aromatic rings. The summed E-state index contributed by atoms with van der Waals surface area (Å²) < 4.78 is 18.3. The van der Waals surface area contributed by atoms with Crippen LogP contribution >= 0.6 is 11.6 Å².